The first-order valence-corrected chi connectivity index (χ1v) is 12.8. The van der Waals surface area contributed by atoms with Crippen LogP contribution in [0.25, 0.3) is 22.3 Å². The van der Waals surface area contributed by atoms with Crippen molar-refractivity contribution in [2.45, 2.75) is 65.7 Å². The van der Waals surface area contributed by atoms with Gasteiger partial charge in [-0.15, -0.1) is 0 Å². The van der Waals surface area contributed by atoms with Gasteiger partial charge in [-0.1, -0.05) is 93.9 Å². The second-order valence-electron chi connectivity index (χ2n) is 9.12. The highest BCUT2D eigenvalue weighted by Gasteiger charge is 2.09. The maximum Gasteiger partial charge on any atom is 0.243 e. The van der Waals surface area contributed by atoms with E-state index in [4.69, 9.17) is 0 Å². The van der Waals surface area contributed by atoms with Crippen molar-refractivity contribution < 1.29 is 4.79 Å². The fraction of sp³-hybridized carbons (Fsp3) is 0.344. The lowest BCUT2D eigenvalue weighted by atomic mass is 9.91. The summed E-state index contributed by atoms with van der Waals surface area (Å²) in [6.07, 6.45) is 9.21. The summed E-state index contributed by atoms with van der Waals surface area (Å²) in [6, 6.07) is 22.8. The summed E-state index contributed by atoms with van der Waals surface area (Å²) < 4.78 is 0. The van der Waals surface area contributed by atoms with Crippen LogP contribution in [0.4, 0.5) is 0 Å². The number of nitrogens with one attached hydrogen (secondary N) is 1. The molecule has 0 heterocycles. The predicted octanol–water partition coefficient (Wildman–Crippen LogP) is 7.86. The van der Waals surface area contributed by atoms with Crippen molar-refractivity contribution in [1.29, 1.82) is 0 Å². The van der Waals surface area contributed by atoms with Gasteiger partial charge in [0.2, 0.25) is 5.91 Å². The van der Waals surface area contributed by atoms with Crippen molar-refractivity contribution in [1.82, 2.24) is 5.32 Å². The van der Waals surface area contributed by atoms with E-state index in [1.807, 2.05) is 0 Å². The van der Waals surface area contributed by atoms with Crippen LogP contribution in [-0.2, 0) is 24.1 Å². The van der Waals surface area contributed by atoms with E-state index in [1.54, 1.807) is 0 Å². The minimum Gasteiger partial charge on any atom is -0.353 e. The van der Waals surface area contributed by atoms with E-state index >= 15 is 0 Å². The highest BCUT2D eigenvalue weighted by atomic mass is 16.1. The highest BCUT2D eigenvalue weighted by molar-refractivity contribution is 5.86. The number of carbonyl (C=O) groups is 1. The molecule has 1 amide bonds. The van der Waals surface area contributed by atoms with E-state index in [1.165, 1.54) is 76.3 Å². The predicted molar refractivity (Wildman–Crippen MR) is 146 cm³/mol. The molecule has 0 fully saturated rings. The molecule has 0 aliphatic heterocycles. The topological polar surface area (TPSA) is 29.1 Å². The Hall–Kier alpha value is -3.13. The number of amides is 1. The minimum atomic E-state index is -0.106. The van der Waals surface area contributed by atoms with Crippen molar-refractivity contribution in [3.63, 3.8) is 0 Å². The molecule has 0 saturated heterocycles. The molecule has 0 bridgehead atoms. The minimum absolute atomic E-state index is 0.106. The van der Waals surface area contributed by atoms with E-state index < -0.39 is 0 Å². The van der Waals surface area contributed by atoms with Gasteiger partial charge in [-0.2, -0.15) is 0 Å². The molecule has 178 valence electrons. The molecular formula is C32H39NO. The van der Waals surface area contributed by atoms with Crippen LogP contribution in [0.5, 0.6) is 0 Å². The van der Waals surface area contributed by atoms with Crippen LogP contribution in [0.3, 0.4) is 0 Å². The average molecular weight is 454 g/mol. The SMILES string of the molecule is C=CC(=O)NCCCc1ccc(-c2ccc(-c3ccc(CCCCC)cc3)cc2CC)cc1C. The number of hydrogen-bond donors (Lipinski definition) is 1. The Morgan fingerprint density at radius 1 is 0.824 bits per heavy atom. The number of benzene rings is 3. The van der Waals surface area contributed by atoms with Crippen molar-refractivity contribution >= 4 is 5.91 Å². The third kappa shape index (κ3) is 6.93. The molecule has 0 aliphatic carbocycles. The third-order valence-corrected chi connectivity index (χ3v) is 6.60. The first-order valence-electron chi connectivity index (χ1n) is 12.8. The zero-order chi connectivity index (χ0) is 24.3. The van der Waals surface area contributed by atoms with Gasteiger partial charge in [-0.25, -0.2) is 0 Å². The maximum atomic E-state index is 11.3. The first kappa shape index (κ1) is 25.5. The Morgan fingerprint density at radius 2 is 1.56 bits per heavy atom. The van der Waals surface area contributed by atoms with Gasteiger partial charge in [0.1, 0.15) is 0 Å². The maximum absolute atomic E-state index is 11.3. The van der Waals surface area contributed by atoms with E-state index in [9.17, 15) is 4.79 Å². The lowest BCUT2D eigenvalue weighted by molar-refractivity contribution is -0.116. The van der Waals surface area contributed by atoms with Crippen LogP contribution in [-0.4, -0.2) is 12.5 Å². The number of hydrogen-bond acceptors (Lipinski definition) is 1. The first-order chi connectivity index (χ1) is 16.5. The lowest BCUT2D eigenvalue weighted by Crippen LogP contribution is -2.22. The van der Waals surface area contributed by atoms with Crippen LogP contribution in [0.1, 0.15) is 61.8 Å². The average Bonchev–Trinajstić information content (AvgIpc) is 2.87. The molecule has 0 radical (unpaired) electrons. The number of rotatable bonds is 12. The molecule has 0 spiro atoms. The normalized spacial score (nSPS) is 10.8. The van der Waals surface area contributed by atoms with Crippen molar-refractivity contribution in [2.24, 2.45) is 0 Å². The van der Waals surface area contributed by atoms with Gasteiger partial charge in [0, 0.05) is 6.54 Å². The zero-order valence-electron chi connectivity index (χ0n) is 21.1. The molecule has 3 rings (SSSR count). The molecule has 34 heavy (non-hydrogen) atoms. The van der Waals surface area contributed by atoms with E-state index in [0.717, 1.165) is 19.3 Å². The molecule has 2 nitrogen and oxygen atoms in total. The molecule has 3 aromatic rings. The van der Waals surface area contributed by atoms with Gasteiger partial charge in [0.05, 0.1) is 0 Å². The second-order valence-corrected chi connectivity index (χ2v) is 9.12. The second kappa shape index (κ2) is 12.9. The number of unbranched alkanes of at least 4 members (excludes halogenated alkanes) is 2. The molecule has 0 unspecified atom stereocenters. The summed E-state index contributed by atoms with van der Waals surface area (Å²) in [4.78, 5) is 11.3. The molecule has 1 N–H and O–H groups in total. The zero-order valence-corrected chi connectivity index (χ0v) is 21.1. The van der Waals surface area contributed by atoms with E-state index in [0.29, 0.717) is 6.54 Å². The standard InChI is InChI=1S/C32H39NO/c1-5-8-9-11-25-13-15-28(16-14-25)29-19-20-31(26(6-2)23-29)30-18-17-27(24(4)22-30)12-10-21-33-32(34)7-3/h7,13-20,22-23H,3,5-6,8-12,21H2,1-2,4H3,(H,33,34). The van der Waals surface area contributed by atoms with Crippen LogP contribution in [0, 0.1) is 6.92 Å². The molecule has 3 aromatic carbocycles. The summed E-state index contributed by atoms with van der Waals surface area (Å²) in [5, 5.41) is 2.85. The van der Waals surface area contributed by atoms with Crippen LogP contribution in [0.2, 0.25) is 0 Å². The largest absolute Gasteiger partial charge is 0.353 e. The van der Waals surface area contributed by atoms with Gasteiger partial charge in [-0.05, 0) is 89.6 Å². The van der Waals surface area contributed by atoms with Gasteiger partial charge >= 0.3 is 0 Å². The molecule has 0 atom stereocenters. The van der Waals surface area contributed by atoms with Crippen molar-refractivity contribution in [3.05, 3.63) is 95.6 Å². The van der Waals surface area contributed by atoms with E-state index in [-0.39, 0.29) is 5.91 Å². The van der Waals surface area contributed by atoms with Gasteiger partial charge < -0.3 is 5.32 Å². The summed E-state index contributed by atoms with van der Waals surface area (Å²) >= 11 is 0. The van der Waals surface area contributed by atoms with Crippen molar-refractivity contribution in [3.8, 4) is 22.3 Å². The number of carbonyl (C=O) groups excluding carboxylic acids is 1. The Kier molecular flexibility index (Phi) is 9.70. The summed E-state index contributed by atoms with van der Waals surface area (Å²) in [5.74, 6) is -0.106. The summed E-state index contributed by atoms with van der Waals surface area (Å²) in [6.45, 7) is 10.8. The Bertz CT molecular complexity index is 1090. The van der Waals surface area contributed by atoms with Gasteiger partial charge in [0.25, 0.3) is 0 Å². The molecule has 0 aliphatic rings. The van der Waals surface area contributed by atoms with Crippen LogP contribution in [0.15, 0.2) is 73.3 Å². The van der Waals surface area contributed by atoms with Gasteiger partial charge in [-0.3, -0.25) is 4.79 Å². The smallest absolute Gasteiger partial charge is 0.243 e. The Labute approximate surface area is 206 Å². The third-order valence-electron chi connectivity index (χ3n) is 6.60. The Balaban J connectivity index is 1.72. The summed E-state index contributed by atoms with van der Waals surface area (Å²) in [7, 11) is 0. The Morgan fingerprint density at radius 3 is 2.24 bits per heavy atom. The monoisotopic (exact) mass is 453 g/mol. The quantitative estimate of drug-likeness (QED) is 0.219. The lowest BCUT2D eigenvalue weighted by Gasteiger charge is -2.14. The number of aryl methyl sites for hydroxylation is 4. The summed E-state index contributed by atoms with van der Waals surface area (Å²) in [5.41, 5.74) is 10.6. The van der Waals surface area contributed by atoms with Crippen molar-refractivity contribution in [2.75, 3.05) is 6.54 Å². The van der Waals surface area contributed by atoms with Gasteiger partial charge in [0.15, 0.2) is 0 Å². The fourth-order valence-electron chi connectivity index (χ4n) is 4.50. The molecule has 2 heteroatoms. The molecule has 0 saturated carbocycles. The molecule has 0 aromatic heterocycles. The van der Waals surface area contributed by atoms with Crippen LogP contribution < -0.4 is 5.32 Å². The van der Waals surface area contributed by atoms with E-state index in [2.05, 4.69) is 93.3 Å². The van der Waals surface area contributed by atoms with Crippen LogP contribution >= 0.6 is 0 Å². The highest BCUT2D eigenvalue weighted by Crippen LogP contribution is 2.31. The fourth-order valence-corrected chi connectivity index (χ4v) is 4.50. The molecular weight excluding hydrogens is 414 g/mol.